The molecule has 0 amide bonds. The van der Waals surface area contributed by atoms with Gasteiger partial charge in [-0.3, -0.25) is 5.10 Å². The zero-order valence-electron chi connectivity index (χ0n) is 8.40. The average molecular weight is 202 g/mol. The molecule has 1 fully saturated rings. The van der Waals surface area contributed by atoms with Gasteiger partial charge in [-0.1, -0.05) is 6.07 Å². The number of rotatable bonds is 2. The van der Waals surface area contributed by atoms with Gasteiger partial charge >= 0.3 is 0 Å². The second-order valence-electron chi connectivity index (χ2n) is 4.21. The number of fused-ring (bicyclic) bond motifs is 1. The third-order valence-corrected chi connectivity index (χ3v) is 3.02. The molecule has 0 aliphatic heterocycles. The Bertz CT molecular complexity index is 470. The molecule has 15 heavy (non-hydrogen) atoms. The van der Waals surface area contributed by atoms with E-state index in [0.717, 1.165) is 29.4 Å². The number of nitrogens with two attached hydrogens (primary N) is 1. The molecule has 1 aromatic heterocycles. The Balaban J connectivity index is 1.87. The summed E-state index contributed by atoms with van der Waals surface area (Å²) in [6.45, 7) is 0. The number of hydrogen-bond donors (Lipinski definition) is 3. The largest absolute Gasteiger partial charge is 0.382 e. The van der Waals surface area contributed by atoms with Gasteiger partial charge in [0.05, 0.1) is 11.7 Å². The van der Waals surface area contributed by atoms with Crippen LogP contribution in [0.4, 0.5) is 5.69 Å². The van der Waals surface area contributed by atoms with E-state index in [4.69, 9.17) is 5.73 Å². The monoisotopic (exact) mass is 202 g/mol. The Kier molecular flexibility index (Phi) is 1.89. The highest BCUT2D eigenvalue weighted by molar-refractivity contribution is 5.90. The maximum Gasteiger partial charge on any atom is 0.0671 e. The van der Waals surface area contributed by atoms with Gasteiger partial charge in [0, 0.05) is 23.2 Å². The van der Waals surface area contributed by atoms with Crippen molar-refractivity contribution in [3.63, 3.8) is 0 Å². The first kappa shape index (κ1) is 8.73. The molecule has 0 saturated heterocycles. The second kappa shape index (κ2) is 3.24. The number of benzene rings is 1. The van der Waals surface area contributed by atoms with Gasteiger partial charge in [0.2, 0.25) is 0 Å². The molecule has 4 nitrogen and oxygen atoms in total. The molecule has 1 heterocycles. The van der Waals surface area contributed by atoms with Crippen LogP contribution in [0, 0.1) is 0 Å². The van der Waals surface area contributed by atoms with Crippen LogP contribution in [-0.2, 0) is 0 Å². The van der Waals surface area contributed by atoms with E-state index in [0.29, 0.717) is 12.1 Å². The van der Waals surface area contributed by atoms with E-state index in [-0.39, 0.29) is 0 Å². The van der Waals surface area contributed by atoms with Gasteiger partial charge in [-0.25, -0.2) is 0 Å². The molecule has 1 aliphatic carbocycles. The van der Waals surface area contributed by atoms with Gasteiger partial charge in [0.25, 0.3) is 0 Å². The molecule has 2 aromatic rings. The molecule has 4 N–H and O–H groups in total. The van der Waals surface area contributed by atoms with Gasteiger partial charge in [-0.2, -0.15) is 5.10 Å². The lowest BCUT2D eigenvalue weighted by Gasteiger charge is -2.33. The van der Waals surface area contributed by atoms with Gasteiger partial charge in [0.1, 0.15) is 0 Å². The third kappa shape index (κ3) is 1.47. The molecule has 0 radical (unpaired) electrons. The average Bonchev–Trinajstić information content (AvgIpc) is 2.64. The Morgan fingerprint density at radius 1 is 1.40 bits per heavy atom. The van der Waals surface area contributed by atoms with Crippen LogP contribution in [0.2, 0.25) is 0 Å². The molecule has 0 bridgehead atoms. The van der Waals surface area contributed by atoms with Gasteiger partial charge in [-0.05, 0) is 25.0 Å². The van der Waals surface area contributed by atoms with E-state index >= 15 is 0 Å². The fourth-order valence-corrected chi connectivity index (χ4v) is 2.09. The Morgan fingerprint density at radius 2 is 2.27 bits per heavy atom. The number of aromatic nitrogens is 2. The first-order valence-corrected chi connectivity index (χ1v) is 5.27. The summed E-state index contributed by atoms with van der Waals surface area (Å²) in [5.74, 6) is 0. The van der Waals surface area contributed by atoms with Crippen LogP contribution in [0.15, 0.2) is 24.4 Å². The number of anilines is 1. The van der Waals surface area contributed by atoms with E-state index in [1.54, 1.807) is 0 Å². The predicted octanol–water partition coefficient (Wildman–Crippen LogP) is 1.46. The molecule has 78 valence electrons. The quantitative estimate of drug-likeness (QED) is 0.690. The number of hydrogen-bond acceptors (Lipinski definition) is 3. The van der Waals surface area contributed by atoms with Crippen LogP contribution in [0.3, 0.4) is 0 Å². The third-order valence-electron chi connectivity index (χ3n) is 3.02. The summed E-state index contributed by atoms with van der Waals surface area (Å²) in [5, 5.41) is 11.7. The fourth-order valence-electron chi connectivity index (χ4n) is 2.09. The molecular formula is C11H14N4. The summed E-state index contributed by atoms with van der Waals surface area (Å²) in [6.07, 6.45) is 3.98. The molecule has 4 heteroatoms. The van der Waals surface area contributed by atoms with Crippen molar-refractivity contribution in [1.82, 2.24) is 10.2 Å². The van der Waals surface area contributed by atoms with Crippen molar-refractivity contribution in [1.29, 1.82) is 0 Å². The van der Waals surface area contributed by atoms with E-state index in [1.807, 2.05) is 18.3 Å². The lowest BCUT2D eigenvalue weighted by molar-refractivity contribution is 0.374. The summed E-state index contributed by atoms with van der Waals surface area (Å²) in [5.41, 5.74) is 7.98. The maximum atomic E-state index is 5.76. The van der Waals surface area contributed by atoms with E-state index in [1.165, 1.54) is 0 Å². The van der Waals surface area contributed by atoms with Crippen LogP contribution in [0.25, 0.3) is 10.9 Å². The van der Waals surface area contributed by atoms with Crippen molar-refractivity contribution in [3.05, 3.63) is 24.4 Å². The molecule has 1 aliphatic rings. The standard InChI is InChI=1S/C11H14N4/c12-7-4-8(5-7)14-10-2-1-3-11-9(10)6-13-15-11/h1-3,6-8,14H,4-5,12H2,(H,13,15). The second-order valence-corrected chi connectivity index (χ2v) is 4.21. The molecule has 0 unspecified atom stereocenters. The number of aromatic amines is 1. The minimum absolute atomic E-state index is 0.381. The SMILES string of the molecule is NC1CC(Nc2cccc3[nH]ncc23)C1. The van der Waals surface area contributed by atoms with E-state index in [9.17, 15) is 0 Å². The fraction of sp³-hybridized carbons (Fsp3) is 0.364. The minimum Gasteiger partial charge on any atom is -0.382 e. The lowest BCUT2D eigenvalue weighted by atomic mass is 9.87. The Morgan fingerprint density at radius 3 is 3.07 bits per heavy atom. The smallest absolute Gasteiger partial charge is 0.0671 e. The summed E-state index contributed by atoms with van der Waals surface area (Å²) >= 11 is 0. The molecular weight excluding hydrogens is 188 g/mol. The predicted molar refractivity (Wildman–Crippen MR) is 60.7 cm³/mol. The zero-order valence-corrected chi connectivity index (χ0v) is 8.40. The summed E-state index contributed by atoms with van der Waals surface area (Å²) in [7, 11) is 0. The summed E-state index contributed by atoms with van der Waals surface area (Å²) in [4.78, 5) is 0. The first-order chi connectivity index (χ1) is 7.33. The van der Waals surface area contributed by atoms with Gasteiger partial charge in [-0.15, -0.1) is 0 Å². The van der Waals surface area contributed by atoms with Gasteiger partial charge < -0.3 is 11.1 Å². The number of H-pyrrole nitrogens is 1. The summed E-state index contributed by atoms with van der Waals surface area (Å²) < 4.78 is 0. The van der Waals surface area contributed by atoms with Crippen molar-refractivity contribution in [2.45, 2.75) is 24.9 Å². The molecule has 0 atom stereocenters. The molecule has 1 saturated carbocycles. The van der Waals surface area contributed by atoms with Crippen LogP contribution in [-0.4, -0.2) is 22.3 Å². The molecule has 0 spiro atoms. The van der Waals surface area contributed by atoms with E-state index < -0.39 is 0 Å². The van der Waals surface area contributed by atoms with Crippen molar-refractivity contribution in [2.24, 2.45) is 5.73 Å². The highest BCUT2D eigenvalue weighted by Gasteiger charge is 2.25. The zero-order chi connectivity index (χ0) is 10.3. The van der Waals surface area contributed by atoms with E-state index in [2.05, 4.69) is 21.6 Å². The number of nitrogens with one attached hydrogen (secondary N) is 2. The van der Waals surface area contributed by atoms with Gasteiger partial charge in [0.15, 0.2) is 0 Å². The molecule has 1 aromatic carbocycles. The first-order valence-electron chi connectivity index (χ1n) is 5.27. The maximum absolute atomic E-state index is 5.76. The normalized spacial score (nSPS) is 25.1. The Labute approximate surface area is 87.9 Å². The molecule has 3 rings (SSSR count). The number of nitrogens with zero attached hydrogens (tertiary/aromatic N) is 1. The Hall–Kier alpha value is -1.55. The van der Waals surface area contributed by atoms with Crippen LogP contribution < -0.4 is 11.1 Å². The van der Waals surface area contributed by atoms with Crippen LogP contribution >= 0.6 is 0 Å². The van der Waals surface area contributed by atoms with Crippen LogP contribution in [0.5, 0.6) is 0 Å². The van der Waals surface area contributed by atoms with Crippen LogP contribution in [0.1, 0.15) is 12.8 Å². The summed E-state index contributed by atoms with van der Waals surface area (Å²) in [6, 6.07) is 7.05. The topological polar surface area (TPSA) is 66.7 Å². The minimum atomic E-state index is 0.381. The van der Waals surface area contributed by atoms with Crippen molar-refractivity contribution in [3.8, 4) is 0 Å². The lowest BCUT2D eigenvalue weighted by Crippen LogP contribution is -2.44. The van der Waals surface area contributed by atoms with Crippen molar-refractivity contribution in [2.75, 3.05) is 5.32 Å². The highest BCUT2D eigenvalue weighted by atomic mass is 15.1. The van der Waals surface area contributed by atoms with Crippen molar-refractivity contribution >= 4 is 16.6 Å². The highest BCUT2D eigenvalue weighted by Crippen LogP contribution is 2.27. The van der Waals surface area contributed by atoms with Crippen molar-refractivity contribution < 1.29 is 0 Å².